The Bertz CT molecular complexity index is 1710. The molecule has 3 aromatic rings. The van der Waals surface area contributed by atoms with Crippen LogP contribution in [-0.2, 0) is 21.8 Å². The lowest BCUT2D eigenvalue weighted by Gasteiger charge is -2.35. The van der Waals surface area contributed by atoms with Gasteiger partial charge in [-0.15, -0.1) is 0 Å². The number of carbonyl (C=O) groups excluding carboxylic acids is 2. The molecule has 2 atom stereocenters. The van der Waals surface area contributed by atoms with E-state index < -0.39 is 59.1 Å². The van der Waals surface area contributed by atoms with Crippen molar-refractivity contribution in [1.82, 2.24) is 4.90 Å². The van der Waals surface area contributed by atoms with Crippen LogP contribution in [0.25, 0.3) is 16.7 Å². The summed E-state index contributed by atoms with van der Waals surface area (Å²) in [6, 6.07) is 11.5. The molecule has 3 aromatic carbocycles. The number of hydrogen-bond acceptors (Lipinski definition) is 4. The molecule has 0 spiro atoms. The van der Waals surface area contributed by atoms with Crippen molar-refractivity contribution in [1.29, 1.82) is 0 Å². The molecule has 1 fully saturated rings. The first-order valence-electron chi connectivity index (χ1n) is 14.8. The Morgan fingerprint density at radius 3 is 2.19 bits per heavy atom. The minimum absolute atomic E-state index is 0.0345. The zero-order valence-electron chi connectivity index (χ0n) is 26.0. The number of amides is 1. The number of esters is 1. The predicted octanol–water partition coefficient (Wildman–Crippen LogP) is 9.86. The minimum Gasteiger partial charge on any atom is -0.465 e. The van der Waals surface area contributed by atoms with Crippen molar-refractivity contribution in [2.75, 3.05) is 13.7 Å². The zero-order valence-corrected chi connectivity index (χ0v) is 26.0. The Labute approximate surface area is 267 Å². The fourth-order valence-electron chi connectivity index (χ4n) is 6.29. The molecule has 0 N–H and O–H groups in total. The van der Waals surface area contributed by atoms with E-state index in [9.17, 15) is 35.9 Å². The molecule has 12 heteroatoms. The van der Waals surface area contributed by atoms with Gasteiger partial charge >= 0.3 is 24.4 Å². The van der Waals surface area contributed by atoms with Crippen LogP contribution in [0.15, 0.2) is 66.2 Å². The summed E-state index contributed by atoms with van der Waals surface area (Å²) in [6.45, 7) is 5.69. The van der Waals surface area contributed by atoms with E-state index >= 15 is 4.39 Å². The van der Waals surface area contributed by atoms with Gasteiger partial charge in [0.25, 0.3) is 0 Å². The van der Waals surface area contributed by atoms with Crippen LogP contribution in [0.5, 0.6) is 0 Å². The van der Waals surface area contributed by atoms with E-state index in [0.717, 1.165) is 29.2 Å². The molecule has 1 aliphatic heterocycles. The van der Waals surface area contributed by atoms with Crippen LogP contribution in [0.3, 0.4) is 0 Å². The van der Waals surface area contributed by atoms with Crippen LogP contribution in [0.1, 0.15) is 78.7 Å². The Morgan fingerprint density at radius 2 is 1.60 bits per heavy atom. The monoisotopic (exact) mass is 663 g/mol. The molecule has 1 amide bonds. The number of halogens is 7. The number of benzene rings is 3. The normalized spacial score (nSPS) is 20.0. The summed E-state index contributed by atoms with van der Waals surface area (Å²) < 4.78 is 106. The summed E-state index contributed by atoms with van der Waals surface area (Å²) >= 11 is 0. The van der Waals surface area contributed by atoms with E-state index in [1.54, 1.807) is 18.2 Å². The highest BCUT2D eigenvalue weighted by Gasteiger charge is 2.44. The lowest BCUT2D eigenvalue weighted by molar-refractivity contribution is -0.143. The molecule has 1 heterocycles. The van der Waals surface area contributed by atoms with Gasteiger partial charge in [0, 0.05) is 12.1 Å². The molecule has 0 bridgehead atoms. The van der Waals surface area contributed by atoms with E-state index in [4.69, 9.17) is 4.74 Å². The summed E-state index contributed by atoms with van der Waals surface area (Å²) in [7, 11) is 1.20. The number of hydrogen-bond donors (Lipinski definition) is 0. The second-order valence-electron chi connectivity index (χ2n) is 12.7. The van der Waals surface area contributed by atoms with Crippen molar-refractivity contribution >= 4 is 17.6 Å². The molecule has 250 valence electrons. The first-order chi connectivity index (χ1) is 21.9. The number of rotatable bonds is 6. The van der Waals surface area contributed by atoms with Gasteiger partial charge < -0.3 is 9.47 Å². The maximum absolute atomic E-state index is 15.1. The number of ether oxygens (including phenoxy) is 2. The molecular weight excluding hydrogens is 631 g/mol. The van der Waals surface area contributed by atoms with Gasteiger partial charge in [0.2, 0.25) is 0 Å². The lowest BCUT2D eigenvalue weighted by atomic mass is 9.72. The number of allylic oxidation sites excluding steroid dienone is 1. The van der Waals surface area contributed by atoms with Crippen LogP contribution in [0.4, 0.5) is 35.5 Å². The van der Waals surface area contributed by atoms with Crippen LogP contribution in [-0.4, -0.2) is 36.7 Å². The van der Waals surface area contributed by atoms with Gasteiger partial charge in [-0.3, -0.25) is 4.90 Å². The van der Waals surface area contributed by atoms with Crippen LogP contribution < -0.4 is 0 Å². The van der Waals surface area contributed by atoms with Crippen molar-refractivity contribution in [2.45, 2.75) is 64.5 Å². The Kier molecular flexibility index (Phi) is 8.93. The molecule has 2 aliphatic rings. The second kappa shape index (κ2) is 12.4. The zero-order chi connectivity index (χ0) is 34.5. The summed E-state index contributed by atoms with van der Waals surface area (Å²) in [6.07, 6.45) is -10.4. The molecular formula is C35H32F7NO4. The predicted molar refractivity (Wildman–Crippen MR) is 160 cm³/mol. The van der Waals surface area contributed by atoms with Gasteiger partial charge in [0.15, 0.2) is 0 Å². The maximum Gasteiger partial charge on any atom is 0.416 e. The van der Waals surface area contributed by atoms with Gasteiger partial charge in [-0.2, -0.15) is 26.3 Å². The third-order valence-electron chi connectivity index (χ3n) is 8.77. The number of alkyl halides is 6. The molecule has 47 heavy (non-hydrogen) atoms. The van der Waals surface area contributed by atoms with E-state index in [2.05, 4.69) is 18.6 Å². The highest BCUT2D eigenvalue weighted by atomic mass is 19.4. The van der Waals surface area contributed by atoms with E-state index in [1.807, 2.05) is 6.07 Å². The number of methoxy groups -OCH3 is 1. The van der Waals surface area contributed by atoms with Crippen LogP contribution in [0, 0.1) is 11.2 Å². The van der Waals surface area contributed by atoms with Gasteiger partial charge in [0.05, 0.1) is 29.8 Å². The molecule has 0 saturated carbocycles. The third-order valence-corrected chi connectivity index (χ3v) is 8.77. The SMILES string of the molecule is COC(=O)c1ccc(-c2cccc(C3=C(CN4C(=O)O[C@H](c5cc(C(F)(F)F)cc(C(F)(F)F)c5)[C@@H]4C)CC(C)(C)CC3)c2)c(F)c1. The third kappa shape index (κ3) is 7.16. The van der Waals surface area contributed by atoms with Crippen LogP contribution >= 0.6 is 0 Å². The second-order valence-corrected chi connectivity index (χ2v) is 12.7. The first kappa shape index (κ1) is 34.0. The maximum atomic E-state index is 15.1. The summed E-state index contributed by atoms with van der Waals surface area (Å²) in [5.41, 5.74) is -0.141. The topological polar surface area (TPSA) is 55.8 Å². The summed E-state index contributed by atoms with van der Waals surface area (Å²) in [5.74, 6) is -1.29. The Hall–Kier alpha value is -4.35. The fraction of sp³-hybridized carbons (Fsp3) is 0.371. The van der Waals surface area contributed by atoms with Crippen LogP contribution in [0.2, 0.25) is 0 Å². The molecule has 1 saturated heterocycles. The molecule has 1 aliphatic carbocycles. The summed E-state index contributed by atoms with van der Waals surface area (Å²) in [5, 5.41) is 0. The first-order valence-corrected chi connectivity index (χ1v) is 14.8. The fourth-order valence-corrected chi connectivity index (χ4v) is 6.29. The van der Waals surface area contributed by atoms with Crippen molar-refractivity contribution in [3.05, 3.63) is 99.9 Å². The molecule has 0 aromatic heterocycles. The highest BCUT2D eigenvalue weighted by Crippen LogP contribution is 2.45. The summed E-state index contributed by atoms with van der Waals surface area (Å²) in [4.78, 5) is 26.3. The molecule has 0 unspecified atom stereocenters. The smallest absolute Gasteiger partial charge is 0.416 e. The van der Waals surface area contributed by atoms with Gasteiger partial charge in [-0.1, -0.05) is 38.1 Å². The van der Waals surface area contributed by atoms with Crippen molar-refractivity contribution in [3.63, 3.8) is 0 Å². The lowest BCUT2D eigenvalue weighted by Crippen LogP contribution is -2.35. The number of cyclic esters (lactones) is 1. The standard InChI is InChI=1S/C35H32F7NO4/c1-19-30(23-13-25(34(37,38)39)16-26(14-23)35(40,41)42)47-32(45)43(19)18-24-17-33(2,3)11-10-27(24)20-6-5-7-21(12-20)28-9-8-22(15-29(28)36)31(44)46-4/h5-9,12-16,19,30H,10-11,17-18H2,1-4H3/t19-,30-/m0/s1. The van der Waals surface area contributed by atoms with E-state index in [0.29, 0.717) is 30.5 Å². The van der Waals surface area contributed by atoms with Crippen molar-refractivity contribution < 1.29 is 49.8 Å². The molecule has 0 radical (unpaired) electrons. The average molecular weight is 664 g/mol. The Balaban J connectivity index is 1.49. The largest absolute Gasteiger partial charge is 0.465 e. The number of nitrogens with zero attached hydrogens (tertiary/aromatic N) is 1. The molecule has 5 rings (SSSR count). The van der Waals surface area contributed by atoms with Gasteiger partial charge in [-0.05, 0) is 95.8 Å². The highest BCUT2D eigenvalue weighted by molar-refractivity contribution is 5.90. The van der Waals surface area contributed by atoms with Gasteiger partial charge in [-0.25, -0.2) is 14.0 Å². The molecule has 5 nitrogen and oxygen atoms in total. The van der Waals surface area contributed by atoms with E-state index in [-0.39, 0.29) is 29.2 Å². The number of carbonyl (C=O) groups is 2. The Morgan fingerprint density at radius 1 is 0.957 bits per heavy atom. The van der Waals surface area contributed by atoms with Crippen molar-refractivity contribution in [2.24, 2.45) is 5.41 Å². The van der Waals surface area contributed by atoms with Gasteiger partial charge in [0.1, 0.15) is 11.9 Å². The quantitative estimate of drug-likeness (QED) is 0.195. The van der Waals surface area contributed by atoms with E-state index in [1.165, 1.54) is 31.1 Å². The average Bonchev–Trinajstić information content (AvgIpc) is 3.27. The van der Waals surface area contributed by atoms with Crippen molar-refractivity contribution in [3.8, 4) is 11.1 Å². The minimum atomic E-state index is -5.05.